The van der Waals surface area contributed by atoms with Gasteiger partial charge < -0.3 is 29.4 Å². The summed E-state index contributed by atoms with van der Waals surface area (Å²) >= 11 is 0. The van der Waals surface area contributed by atoms with E-state index in [0.717, 1.165) is 18.5 Å². The number of carbonyl (C=O) groups excluding carboxylic acids is 2. The number of carbonyl (C=O) groups is 2. The highest BCUT2D eigenvalue weighted by Gasteiger charge is 2.31. The van der Waals surface area contributed by atoms with Gasteiger partial charge in [0.15, 0.2) is 17.8 Å². The number of benzene rings is 3. The number of nitrogens with zero attached hydrogens (tertiary/aromatic N) is 2. The van der Waals surface area contributed by atoms with Gasteiger partial charge in [-0.25, -0.2) is 9.78 Å². The zero-order valence-electron chi connectivity index (χ0n) is 26.0. The molecule has 10 nitrogen and oxygen atoms in total. The average Bonchev–Trinajstić information content (AvgIpc) is 3.52. The molecule has 1 heterocycles. The number of anilines is 1. The molecule has 2 amide bonds. The molecule has 0 fully saturated rings. The number of nitrogens with one attached hydrogen (secondary N) is 1. The van der Waals surface area contributed by atoms with Crippen LogP contribution in [0.2, 0.25) is 0 Å². The molecule has 47 heavy (non-hydrogen) atoms. The SMILES string of the molecule is CC(C)(C)OC(=O)N(C[C@H](O)COc1ccccc1)[C@H](CO)Cc1ccc(NC(=O)c2ncoc2-c2ccc(C(F)(F)F)cc2)cc1. The molecule has 4 rings (SSSR count). The van der Waals surface area contributed by atoms with Crippen LogP contribution in [-0.4, -0.2) is 69.6 Å². The van der Waals surface area contributed by atoms with Gasteiger partial charge in [-0.2, -0.15) is 13.2 Å². The Hall–Kier alpha value is -4.88. The first-order valence-corrected chi connectivity index (χ1v) is 14.7. The van der Waals surface area contributed by atoms with Crippen molar-refractivity contribution in [3.63, 3.8) is 0 Å². The van der Waals surface area contributed by atoms with E-state index in [-0.39, 0.29) is 36.6 Å². The molecule has 4 aromatic rings. The van der Waals surface area contributed by atoms with Crippen LogP contribution in [0.3, 0.4) is 0 Å². The van der Waals surface area contributed by atoms with Crippen LogP contribution in [0.15, 0.2) is 89.7 Å². The number of hydrogen-bond donors (Lipinski definition) is 3. The summed E-state index contributed by atoms with van der Waals surface area (Å²) in [5.74, 6) is -0.0738. The van der Waals surface area contributed by atoms with Crippen molar-refractivity contribution in [2.24, 2.45) is 0 Å². The van der Waals surface area contributed by atoms with Crippen molar-refractivity contribution in [3.8, 4) is 17.1 Å². The minimum absolute atomic E-state index is 0.0113. The molecule has 0 saturated heterocycles. The Morgan fingerprint density at radius 1 is 0.979 bits per heavy atom. The first kappa shape index (κ1) is 35.0. The summed E-state index contributed by atoms with van der Waals surface area (Å²) in [5, 5.41) is 23.7. The number of ether oxygens (including phenoxy) is 2. The second-order valence-electron chi connectivity index (χ2n) is 11.7. The van der Waals surface area contributed by atoms with E-state index >= 15 is 0 Å². The quantitative estimate of drug-likeness (QED) is 0.165. The van der Waals surface area contributed by atoms with Gasteiger partial charge >= 0.3 is 12.3 Å². The number of para-hydroxylation sites is 1. The van der Waals surface area contributed by atoms with Crippen LogP contribution in [0.5, 0.6) is 5.75 Å². The van der Waals surface area contributed by atoms with E-state index in [4.69, 9.17) is 13.9 Å². The molecule has 0 aliphatic rings. The molecule has 0 spiro atoms. The van der Waals surface area contributed by atoms with Crippen molar-refractivity contribution in [1.29, 1.82) is 0 Å². The van der Waals surface area contributed by atoms with Crippen LogP contribution in [-0.2, 0) is 17.3 Å². The molecule has 3 aromatic carbocycles. The lowest BCUT2D eigenvalue weighted by Gasteiger charge is -2.34. The molecule has 0 saturated carbocycles. The molecule has 0 aliphatic heterocycles. The van der Waals surface area contributed by atoms with Crippen LogP contribution in [0.25, 0.3) is 11.3 Å². The molecule has 1 aromatic heterocycles. The predicted octanol–water partition coefficient (Wildman–Crippen LogP) is 6.19. The Bertz CT molecular complexity index is 1600. The predicted molar refractivity (Wildman–Crippen MR) is 167 cm³/mol. The van der Waals surface area contributed by atoms with Crippen LogP contribution >= 0.6 is 0 Å². The van der Waals surface area contributed by atoms with Gasteiger partial charge in [0.05, 0.1) is 24.8 Å². The minimum atomic E-state index is -4.50. The average molecular weight is 656 g/mol. The van der Waals surface area contributed by atoms with Gasteiger partial charge in [0.1, 0.15) is 24.1 Å². The van der Waals surface area contributed by atoms with E-state index < -0.39 is 48.1 Å². The second-order valence-corrected chi connectivity index (χ2v) is 11.7. The summed E-state index contributed by atoms with van der Waals surface area (Å²) < 4.78 is 55.3. The zero-order chi connectivity index (χ0) is 34.2. The molecule has 13 heteroatoms. The number of aliphatic hydroxyl groups excluding tert-OH is 2. The molecular weight excluding hydrogens is 619 g/mol. The zero-order valence-corrected chi connectivity index (χ0v) is 26.0. The number of aromatic nitrogens is 1. The maximum atomic E-state index is 13.2. The van der Waals surface area contributed by atoms with Gasteiger partial charge in [0.25, 0.3) is 5.91 Å². The van der Waals surface area contributed by atoms with Gasteiger partial charge in [-0.05, 0) is 69.2 Å². The van der Waals surface area contributed by atoms with Gasteiger partial charge in [-0.15, -0.1) is 0 Å². The third-order valence-electron chi connectivity index (χ3n) is 6.81. The fourth-order valence-corrected chi connectivity index (χ4v) is 4.57. The molecular formula is C34H36F3N3O7. The Morgan fingerprint density at radius 2 is 1.64 bits per heavy atom. The first-order chi connectivity index (χ1) is 22.2. The largest absolute Gasteiger partial charge is 0.491 e. The molecule has 0 radical (unpaired) electrons. The lowest BCUT2D eigenvalue weighted by molar-refractivity contribution is -0.137. The standard InChI is InChI=1S/C34H36F3N3O7/c1-33(2,3)47-32(44)40(18-27(42)20-45-28-7-5-4-6-8-28)26(19-41)17-22-9-15-25(16-10-22)39-31(43)29-30(46-21-38-29)23-11-13-24(14-12-23)34(35,36)37/h4-16,21,26-27,41-42H,17-20H2,1-3H3,(H,39,43)/t26-,27-/m0/s1. The van der Waals surface area contributed by atoms with E-state index in [0.29, 0.717) is 17.0 Å². The Kier molecular flexibility index (Phi) is 11.3. The number of amides is 2. The number of oxazole rings is 1. The Morgan fingerprint density at radius 3 is 2.23 bits per heavy atom. The minimum Gasteiger partial charge on any atom is -0.491 e. The number of alkyl halides is 3. The topological polar surface area (TPSA) is 134 Å². The fourth-order valence-electron chi connectivity index (χ4n) is 4.57. The maximum absolute atomic E-state index is 13.2. The maximum Gasteiger partial charge on any atom is 0.416 e. The van der Waals surface area contributed by atoms with Crippen molar-refractivity contribution in [2.45, 2.75) is 51.1 Å². The van der Waals surface area contributed by atoms with Crippen molar-refractivity contribution < 1.29 is 46.9 Å². The van der Waals surface area contributed by atoms with E-state index in [2.05, 4.69) is 10.3 Å². The van der Waals surface area contributed by atoms with Crippen molar-refractivity contribution in [3.05, 3.63) is 102 Å². The number of hydrogen-bond acceptors (Lipinski definition) is 8. The van der Waals surface area contributed by atoms with E-state index in [1.165, 1.54) is 17.0 Å². The summed E-state index contributed by atoms with van der Waals surface area (Å²) in [4.78, 5) is 31.4. The lowest BCUT2D eigenvalue weighted by atomic mass is 10.0. The number of rotatable bonds is 12. The third kappa shape index (κ3) is 10.1. The van der Waals surface area contributed by atoms with E-state index in [1.54, 1.807) is 69.3 Å². The van der Waals surface area contributed by atoms with Crippen molar-refractivity contribution >= 4 is 17.7 Å². The summed E-state index contributed by atoms with van der Waals surface area (Å²) in [6.45, 7) is 4.45. The van der Waals surface area contributed by atoms with Gasteiger partial charge in [-0.3, -0.25) is 9.69 Å². The lowest BCUT2D eigenvalue weighted by Crippen LogP contribution is -2.50. The highest BCUT2D eigenvalue weighted by atomic mass is 19.4. The molecule has 0 unspecified atom stereocenters. The molecule has 250 valence electrons. The summed E-state index contributed by atoms with van der Waals surface area (Å²) in [5.41, 5.74) is -0.431. The van der Waals surface area contributed by atoms with Gasteiger partial charge in [0.2, 0.25) is 0 Å². The van der Waals surface area contributed by atoms with Crippen LogP contribution < -0.4 is 10.1 Å². The number of halogens is 3. The molecule has 2 atom stereocenters. The van der Waals surface area contributed by atoms with Gasteiger partial charge in [-0.1, -0.05) is 42.5 Å². The number of aliphatic hydroxyl groups is 2. The molecule has 0 aliphatic carbocycles. The monoisotopic (exact) mass is 655 g/mol. The Balaban J connectivity index is 1.43. The third-order valence-corrected chi connectivity index (χ3v) is 6.81. The Labute approximate surface area is 269 Å². The summed E-state index contributed by atoms with van der Waals surface area (Å²) in [7, 11) is 0. The van der Waals surface area contributed by atoms with Crippen LogP contribution in [0.4, 0.5) is 23.7 Å². The first-order valence-electron chi connectivity index (χ1n) is 14.7. The highest BCUT2D eigenvalue weighted by Crippen LogP contribution is 2.32. The molecule has 3 N–H and O–H groups in total. The smallest absolute Gasteiger partial charge is 0.416 e. The highest BCUT2D eigenvalue weighted by molar-refractivity contribution is 6.06. The summed E-state index contributed by atoms with van der Waals surface area (Å²) in [6, 6.07) is 18.9. The second kappa shape index (κ2) is 15.1. The van der Waals surface area contributed by atoms with Crippen LogP contribution in [0, 0.1) is 0 Å². The van der Waals surface area contributed by atoms with Crippen LogP contribution in [0.1, 0.15) is 42.4 Å². The fraction of sp³-hybridized carbons (Fsp3) is 0.324. The van der Waals surface area contributed by atoms with E-state index in [9.17, 15) is 33.0 Å². The van der Waals surface area contributed by atoms with Crippen molar-refractivity contribution in [2.75, 3.05) is 25.1 Å². The van der Waals surface area contributed by atoms with Gasteiger partial charge in [0, 0.05) is 11.3 Å². The van der Waals surface area contributed by atoms with Crippen molar-refractivity contribution in [1.82, 2.24) is 9.88 Å². The molecule has 0 bridgehead atoms. The summed E-state index contributed by atoms with van der Waals surface area (Å²) in [6.07, 6.45) is -5.08. The normalized spacial score (nSPS) is 13.0. The van der Waals surface area contributed by atoms with E-state index in [1.807, 2.05) is 6.07 Å².